The molecule has 0 aliphatic carbocycles. The fourth-order valence-electron chi connectivity index (χ4n) is 2.32. The molecule has 2 N–H and O–H groups in total. The quantitative estimate of drug-likeness (QED) is 0.798. The van der Waals surface area contributed by atoms with Gasteiger partial charge in [-0.1, -0.05) is 6.07 Å². The number of hydrogen-bond donors (Lipinski definition) is 2. The van der Waals surface area contributed by atoms with E-state index in [-0.39, 0.29) is 5.69 Å². The van der Waals surface area contributed by atoms with Gasteiger partial charge in [0.2, 0.25) is 0 Å². The monoisotopic (exact) mass is 326 g/mol. The maximum absolute atomic E-state index is 11.4. The predicted octanol–water partition coefficient (Wildman–Crippen LogP) is 0.695. The van der Waals surface area contributed by atoms with E-state index in [0.29, 0.717) is 39.9 Å². The van der Waals surface area contributed by atoms with Crippen molar-refractivity contribution >= 4 is 10.3 Å². The molecule has 0 bridgehead atoms. The van der Waals surface area contributed by atoms with Gasteiger partial charge in [0.1, 0.15) is 25.6 Å². The summed E-state index contributed by atoms with van der Waals surface area (Å²) < 4.78 is 43.3. The zero-order valence-corrected chi connectivity index (χ0v) is 12.4. The number of aromatic nitrogens is 2. The highest BCUT2D eigenvalue weighted by Crippen LogP contribution is 2.35. The van der Waals surface area contributed by atoms with Crippen molar-refractivity contribution in [1.29, 1.82) is 0 Å². The highest BCUT2D eigenvalue weighted by Gasteiger charge is 2.25. The lowest BCUT2D eigenvalue weighted by molar-refractivity contribution is 0.169. The van der Waals surface area contributed by atoms with Crippen LogP contribution in [0.15, 0.2) is 24.5 Å². The van der Waals surface area contributed by atoms with Gasteiger partial charge in [-0.2, -0.15) is 8.42 Å². The normalized spacial score (nSPS) is 15.6. The van der Waals surface area contributed by atoms with E-state index in [2.05, 4.69) is 4.98 Å². The van der Waals surface area contributed by atoms with Crippen LogP contribution in [0.2, 0.25) is 0 Å². The van der Waals surface area contributed by atoms with Crippen molar-refractivity contribution in [2.24, 2.45) is 0 Å². The lowest BCUT2D eigenvalue weighted by Crippen LogP contribution is -2.18. The Labute approximate surface area is 126 Å². The molecule has 1 aromatic carbocycles. The Balaban J connectivity index is 2.05. The van der Waals surface area contributed by atoms with E-state index in [1.807, 2.05) is 0 Å². The molecule has 1 unspecified atom stereocenters. The third-order valence-corrected chi connectivity index (χ3v) is 4.14. The fraction of sp³-hybridized carbons (Fsp3) is 0.308. The van der Waals surface area contributed by atoms with E-state index in [1.54, 1.807) is 18.2 Å². The predicted molar refractivity (Wildman–Crippen MR) is 75.4 cm³/mol. The van der Waals surface area contributed by atoms with Gasteiger partial charge in [-0.3, -0.25) is 4.55 Å². The maximum atomic E-state index is 11.4. The number of benzene rings is 1. The summed E-state index contributed by atoms with van der Waals surface area (Å²) in [5.41, 5.74) is 0.664. The van der Waals surface area contributed by atoms with Crippen molar-refractivity contribution in [2.75, 3.05) is 13.2 Å². The van der Waals surface area contributed by atoms with Crippen LogP contribution < -0.4 is 9.47 Å². The summed E-state index contributed by atoms with van der Waals surface area (Å²) in [6, 6.07) is 4.80. The van der Waals surface area contributed by atoms with Crippen LogP contribution in [0.1, 0.15) is 23.1 Å². The zero-order valence-electron chi connectivity index (χ0n) is 11.6. The standard InChI is InChI=1S/C13H14N2O6S/c1-8-12(15(7-14-8)22(17,18)19)13(16)9-2-3-10-11(6-9)21-5-4-20-10/h2-3,6-7,13,16H,4-5H2,1H3,(H,17,18,19). The van der Waals surface area contributed by atoms with Crippen LogP contribution in [0.4, 0.5) is 0 Å². The first-order valence-electron chi connectivity index (χ1n) is 6.47. The molecule has 22 heavy (non-hydrogen) atoms. The minimum atomic E-state index is -4.54. The summed E-state index contributed by atoms with van der Waals surface area (Å²) >= 11 is 0. The van der Waals surface area contributed by atoms with E-state index in [4.69, 9.17) is 9.47 Å². The molecule has 3 rings (SSSR count). The van der Waals surface area contributed by atoms with Gasteiger partial charge in [0.05, 0.1) is 11.4 Å². The average molecular weight is 326 g/mol. The second kappa shape index (κ2) is 5.27. The largest absolute Gasteiger partial charge is 0.486 e. The topological polar surface area (TPSA) is 111 Å². The Morgan fingerprint density at radius 3 is 2.64 bits per heavy atom. The third-order valence-electron chi connectivity index (χ3n) is 3.35. The highest BCUT2D eigenvalue weighted by molar-refractivity contribution is 7.84. The molecular formula is C13H14N2O6S. The number of aliphatic hydroxyl groups is 1. The first-order valence-corrected chi connectivity index (χ1v) is 7.87. The van der Waals surface area contributed by atoms with Gasteiger partial charge in [-0.05, 0) is 24.6 Å². The molecular weight excluding hydrogens is 312 g/mol. The van der Waals surface area contributed by atoms with Crippen molar-refractivity contribution in [3.8, 4) is 11.5 Å². The molecule has 1 aliphatic rings. The number of fused-ring (bicyclic) bond motifs is 1. The molecule has 2 aromatic rings. The van der Waals surface area contributed by atoms with Crippen molar-refractivity contribution in [3.63, 3.8) is 0 Å². The molecule has 0 amide bonds. The minimum absolute atomic E-state index is 0.0285. The van der Waals surface area contributed by atoms with E-state index < -0.39 is 16.4 Å². The average Bonchev–Trinajstić information content (AvgIpc) is 2.88. The summed E-state index contributed by atoms with van der Waals surface area (Å²) in [4.78, 5) is 3.82. The molecule has 0 fully saturated rings. The number of imidazole rings is 1. The van der Waals surface area contributed by atoms with Crippen LogP contribution in [-0.4, -0.2) is 40.2 Å². The number of nitrogens with zero attached hydrogens (tertiary/aromatic N) is 2. The molecule has 8 nitrogen and oxygen atoms in total. The molecule has 1 aliphatic heterocycles. The van der Waals surface area contributed by atoms with Crippen LogP contribution in [0.3, 0.4) is 0 Å². The molecule has 0 saturated heterocycles. The Kier molecular flexibility index (Phi) is 3.55. The molecule has 0 radical (unpaired) electrons. The Morgan fingerprint density at radius 1 is 1.27 bits per heavy atom. The zero-order chi connectivity index (χ0) is 15.9. The number of rotatable bonds is 3. The van der Waals surface area contributed by atoms with Crippen molar-refractivity contribution < 1.29 is 27.6 Å². The van der Waals surface area contributed by atoms with E-state index in [1.165, 1.54) is 6.92 Å². The van der Waals surface area contributed by atoms with Crippen molar-refractivity contribution in [3.05, 3.63) is 41.5 Å². The van der Waals surface area contributed by atoms with Crippen LogP contribution in [0, 0.1) is 6.92 Å². The summed E-state index contributed by atoms with van der Waals surface area (Å²) in [5.74, 6) is 1.03. The Morgan fingerprint density at radius 2 is 1.95 bits per heavy atom. The molecule has 1 aromatic heterocycles. The summed E-state index contributed by atoms with van der Waals surface area (Å²) in [6.07, 6.45) is -0.346. The van der Waals surface area contributed by atoms with Crippen LogP contribution in [0.5, 0.6) is 11.5 Å². The van der Waals surface area contributed by atoms with E-state index >= 15 is 0 Å². The number of aryl methyl sites for hydroxylation is 1. The lowest BCUT2D eigenvalue weighted by Gasteiger charge is -2.20. The van der Waals surface area contributed by atoms with Gasteiger partial charge in [0.15, 0.2) is 11.5 Å². The van der Waals surface area contributed by atoms with Gasteiger partial charge in [0.25, 0.3) is 0 Å². The SMILES string of the molecule is Cc1ncn(S(=O)(=O)O)c1C(O)c1ccc2c(c1)OCCO2. The number of hydrogen-bond acceptors (Lipinski definition) is 6. The molecule has 2 heterocycles. The van der Waals surface area contributed by atoms with Gasteiger partial charge in [0, 0.05) is 0 Å². The number of aliphatic hydroxyl groups excluding tert-OH is 1. The molecule has 1 atom stereocenters. The Hall–Kier alpha value is -2.10. The maximum Gasteiger partial charge on any atom is 0.365 e. The van der Waals surface area contributed by atoms with Crippen LogP contribution >= 0.6 is 0 Å². The van der Waals surface area contributed by atoms with Crippen LogP contribution in [-0.2, 0) is 10.3 Å². The van der Waals surface area contributed by atoms with Gasteiger partial charge in [-0.25, -0.2) is 8.96 Å². The van der Waals surface area contributed by atoms with Crippen molar-refractivity contribution in [2.45, 2.75) is 13.0 Å². The second-order valence-electron chi connectivity index (χ2n) is 4.79. The Bertz CT molecular complexity index is 814. The minimum Gasteiger partial charge on any atom is -0.486 e. The first-order chi connectivity index (χ1) is 10.4. The van der Waals surface area contributed by atoms with Gasteiger partial charge in [-0.15, -0.1) is 0 Å². The second-order valence-corrected chi connectivity index (χ2v) is 6.08. The smallest absolute Gasteiger partial charge is 0.365 e. The lowest BCUT2D eigenvalue weighted by atomic mass is 10.0. The fourth-order valence-corrected chi connectivity index (χ4v) is 2.96. The molecule has 118 valence electrons. The molecule has 0 saturated carbocycles. The summed E-state index contributed by atoms with van der Waals surface area (Å²) in [5, 5.41) is 10.5. The molecule has 0 spiro atoms. The highest BCUT2D eigenvalue weighted by atomic mass is 32.2. The van der Waals surface area contributed by atoms with Crippen LogP contribution in [0.25, 0.3) is 0 Å². The molecule has 9 heteroatoms. The van der Waals surface area contributed by atoms with Gasteiger partial charge >= 0.3 is 10.3 Å². The first kappa shape index (κ1) is 14.8. The summed E-state index contributed by atoms with van der Waals surface area (Å²) in [6.45, 7) is 2.39. The van der Waals surface area contributed by atoms with Gasteiger partial charge < -0.3 is 14.6 Å². The summed E-state index contributed by atoms with van der Waals surface area (Å²) in [7, 11) is -4.54. The van der Waals surface area contributed by atoms with Crippen molar-refractivity contribution in [1.82, 2.24) is 8.96 Å². The third kappa shape index (κ3) is 2.54. The number of ether oxygens (including phenoxy) is 2. The van der Waals surface area contributed by atoms with E-state index in [0.717, 1.165) is 6.33 Å². The van der Waals surface area contributed by atoms with E-state index in [9.17, 15) is 18.1 Å².